The van der Waals surface area contributed by atoms with Gasteiger partial charge in [-0.25, -0.2) is 0 Å². The number of hydrogen-bond donors (Lipinski definition) is 0. The summed E-state index contributed by atoms with van der Waals surface area (Å²) in [6.45, 7) is 0. The Morgan fingerprint density at radius 1 is 0.409 bits per heavy atom. The van der Waals surface area contributed by atoms with Crippen LogP contribution in [0.2, 0.25) is 5.54 Å². The molecule has 0 bridgehead atoms. The lowest BCUT2D eigenvalue weighted by Crippen LogP contribution is -2.69. The minimum absolute atomic E-state index is 0.317. The van der Waals surface area contributed by atoms with Crippen molar-refractivity contribution >= 4 is 33.7 Å². The van der Waals surface area contributed by atoms with Crippen molar-refractivity contribution in [1.82, 2.24) is 0 Å². The van der Waals surface area contributed by atoms with E-state index in [0.29, 0.717) is 5.54 Å². The molecular weight excluding hydrogens is 565 g/mol. The van der Waals surface area contributed by atoms with Crippen LogP contribution in [0.25, 0.3) is 0 Å². The summed E-state index contributed by atoms with van der Waals surface area (Å²) in [5.74, 6) is 0. The van der Waals surface area contributed by atoms with E-state index >= 15 is 0 Å². The van der Waals surface area contributed by atoms with Gasteiger partial charge in [-0.15, -0.1) is 10.0 Å². The summed E-state index contributed by atoms with van der Waals surface area (Å²) in [6, 6.07) is 67.7. The molecule has 2 heteroatoms. The first-order valence-corrected chi connectivity index (χ1v) is 19.1. The highest BCUT2D eigenvalue weighted by molar-refractivity contribution is 8.37. The molecule has 0 N–H and O–H groups in total. The average Bonchev–Trinajstić information content (AvgIpc) is 3.12. The molecule has 0 heterocycles. The predicted octanol–water partition coefficient (Wildman–Crippen LogP) is 9.35. The molecule has 0 saturated heterocycles. The van der Waals surface area contributed by atoms with Crippen LogP contribution in [-0.4, -0.2) is 8.07 Å². The van der Waals surface area contributed by atoms with Gasteiger partial charge in [0.2, 0.25) is 0 Å². The van der Waals surface area contributed by atoms with Crippen molar-refractivity contribution < 1.29 is 0 Å². The molecule has 6 aromatic rings. The third kappa shape index (κ3) is 4.81. The van der Waals surface area contributed by atoms with Gasteiger partial charge in [-0.1, -0.05) is 164 Å². The van der Waals surface area contributed by atoms with E-state index in [1.165, 1.54) is 35.2 Å². The number of allylic oxidation sites excluding steroid dienone is 3. The van der Waals surface area contributed by atoms with Gasteiger partial charge >= 0.3 is 0 Å². The third-order valence-corrected chi connectivity index (χ3v) is 18.1. The van der Waals surface area contributed by atoms with Crippen LogP contribution in [0.1, 0.15) is 6.42 Å². The van der Waals surface area contributed by atoms with Gasteiger partial charge < -0.3 is 0 Å². The van der Waals surface area contributed by atoms with Crippen molar-refractivity contribution in [3.63, 3.8) is 0 Å². The van der Waals surface area contributed by atoms with Crippen molar-refractivity contribution in [3.8, 4) is 0 Å². The minimum atomic E-state index is -2.56. The van der Waals surface area contributed by atoms with Crippen molar-refractivity contribution in [2.24, 2.45) is 0 Å². The van der Waals surface area contributed by atoms with Crippen LogP contribution in [-0.2, 0) is 0 Å². The highest BCUT2D eigenvalue weighted by Crippen LogP contribution is 2.74. The van der Waals surface area contributed by atoms with Crippen molar-refractivity contribution in [3.05, 3.63) is 205 Å². The molecule has 0 nitrogen and oxygen atoms in total. The normalized spacial score (nSPS) is 15.4. The molecular formula is C42H36SSi. The van der Waals surface area contributed by atoms with E-state index in [1.54, 1.807) is 0 Å². The molecule has 44 heavy (non-hydrogen) atoms. The molecule has 0 aliphatic heterocycles. The first kappa shape index (κ1) is 28.2. The quantitative estimate of drug-likeness (QED) is 0.121. The zero-order valence-electron chi connectivity index (χ0n) is 24.7. The maximum absolute atomic E-state index is 2.70. The van der Waals surface area contributed by atoms with Gasteiger partial charge in [0.15, 0.2) is 8.07 Å². The summed E-state index contributed by atoms with van der Waals surface area (Å²) in [7, 11) is -4.34. The second kappa shape index (κ2) is 12.5. The van der Waals surface area contributed by atoms with E-state index in [1.807, 2.05) is 0 Å². The van der Waals surface area contributed by atoms with Crippen LogP contribution in [0.4, 0.5) is 0 Å². The second-order valence-electron chi connectivity index (χ2n) is 11.3. The highest BCUT2D eigenvalue weighted by atomic mass is 32.3. The Balaban J connectivity index is 1.56. The maximum atomic E-state index is 2.70. The Kier molecular flexibility index (Phi) is 8.02. The first-order valence-electron chi connectivity index (χ1n) is 15.4. The third-order valence-electron chi connectivity index (χ3n) is 8.92. The zero-order chi connectivity index (χ0) is 29.7. The second-order valence-corrected chi connectivity index (χ2v) is 18.5. The summed E-state index contributed by atoms with van der Waals surface area (Å²) in [4.78, 5) is 5.50. The van der Waals surface area contributed by atoms with Gasteiger partial charge in [-0.2, -0.15) is 0 Å². The molecule has 0 radical (unpaired) electrons. The van der Waals surface area contributed by atoms with Gasteiger partial charge in [-0.05, 0) is 68.8 Å². The highest BCUT2D eigenvalue weighted by Gasteiger charge is 2.47. The first-order chi connectivity index (χ1) is 21.8. The lowest BCUT2D eigenvalue weighted by Gasteiger charge is -2.46. The molecule has 6 aromatic carbocycles. The molecule has 0 amide bonds. The van der Waals surface area contributed by atoms with Crippen LogP contribution in [0.5, 0.6) is 0 Å². The molecule has 1 aliphatic rings. The summed E-state index contributed by atoms with van der Waals surface area (Å²) in [6.07, 6.45) is 8.61. The Hall–Kier alpha value is -4.63. The SMILES string of the molecule is C1=CC(S(c2ccccc2)(c2ccccc2)c2ccccc2)=CC([Si](c2ccccc2)(c2ccccc2)c2ccccc2)C1. The maximum Gasteiger partial charge on any atom is 0.155 e. The average molecular weight is 601 g/mol. The fourth-order valence-electron chi connectivity index (χ4n) is 7.09. The van der Waals surface area contributed by atoms with Crippen LogP contribution < -0.4 is 15.6 Å². The van der Waals surface area contributed by atoms with Gasteiger partial charge in [0, 0.05) is 14.7 Å². The monoisotopic (exact) mass is 600 g/mol. The van der Waals surface area contributed by atoms with Crippen LogP contribution in [0.15, 0.2) is 220 Å². The van der Waals surface area contributed by atoms with Crippen LogP contribution >= 0.6 is 10.0 Å². The fraction of sp³-hybridized carbons (Fsp3) is 0.0476. The standard InChI is InChI=1S/C42H36SSi/c1-7-20-35(21-8-1)43(36-22-9-2-10-23-36,37-24-11-3-12-25-37)38-26-19-33-42(34-38)44(39-27-13-4-14-28-39,40-29-15-5-16-30-40)41-31-17-6-18-32-41/h1-32,34,42H,33H2. The van der Waals surface area contributed by atoms with Crippen molar-refractivity contribution in [1.29, 1.82) is 0 Å². The molecule has 1 aliphatic carbocycles. The topological polar surface area (TPSA) is 0 Å². The van der Waals surface area contributed by atoms with Gasteiger partial charge in [0.25, 0.3) is 0 Å². The molecule has 7 rings (SSSR count). The predicted molar refractivity (Wildman–Crippen MR) is 191 cm³/mol. The van der Waals surface area contributed by atoms with Crippen LogP contribution in [0, 0.1) is 0 Å². The van der Waals surface area contributed by atoms with Crippen molar-refractivity contribution in [2.75, 3.05) is 0 Å². The molecule has 0 fully saturated rings. The molecule has 0 aromatic heterocycles. The van der Waals surface area contributed by atoms with Gasteiger partial charge in [-0.3, -0.25) is 0 Å². The van der Waals surface area contributed by atoms with E-state index in [9.17, 15) is 0 Å². The smallest absolute Gasteiger partial charge is 0.133 e. The largest absolute Gasteiger partial charge is 0.155 e. The lowest BCUT2D eigenvalue weighted by atomic mass is 10.2. The van der Waals surface area contributed by atoms with Crippen LogP contribution in [0.3, 0.4) is 0 Å². The summed E-state index contributed by atoms with van der Waals surface area (Å²) in [5.41, 5.74) is 0.317. The van der Waals surface area contributed by atoms with Gasteiger partial charge in [0.1, 0.15) is 0 Å². The molecule has 1 unspecified atom stereocenters. The summed E-state index contributed by atoms with van der Waals surface area (Å²) >= 11 is 0. The number of benzene rings is 6. The number of rotatable bonds is 8. The summed E-state index contributed by atoms with van der Waals surface area (Å²) < 4.78 is 0. The Morgan fingerprint density at radius 3 is 1.07 bits per heavy atom. The molecule has 0 spiro atoms. The molecule has 0 saturated carbocycles. The van der Waals surface area contributed by atoms with Gasteiger partial charge in [0.05, 0.1) is 0 Å². The number of hydrogen-bond acceptors (Lipinski definition) is 0. The van der Waals surface area contributed by atoms with E-state index in [-0.39, 0.29) is 0 Å². The van der Waals surface area contributed by atoms with Crippen molar-refractivity contribution in [2.45, 2.75) is 26.6 Å². The minimum Gasteiger partial charge on any atom is -0.133 e. The lowest BCUT2D eigenvalue weighted by molar-refractivity contribution is 0.992. The molecule has 1 atom stereocenters. The Labute approximate surface area is 264 Å². The molecule has 214 valence electrons. The van der Waals surface area contributed by atoms with E-state index in [0.717, 1.165) is 6.42 Å². The van der Waals surface area contributed by atoms with E-state index in [2.05, 4.69) is 200 Å². The Morgan fingerprint density at radius 2 is 0.727 bits per heavy atom. The van der Waals surface area contributed by atoms with E-state index < -0.39 is 18.1 Å². The van der Waals surface area contributed by atoms with E-state index in [4.69, 9.17) is 0 Å². The zero-order valence-corrected chi connectivity index (χ0v) is 26.6. The Bertz CT molecular complexity index is 1660. The fourth-order valence-corrected chi connectivity index (χ4v) is 16.6. The summed E-state index contributed by atoms with van der Waals surface area (Å²) in [5, 5.41) is 4.36.